The highest BCUT2D eigenvalue weighted by Crippen LogP contribution is 2.12. The number of aliphatic imine (C=N–C) groups is 1. The molecule has 5 heteroatoms. The Morgan fingerprint density at radius 2 is 2.13 bits per heavy atom. The summed E-state index contributed by atoms with van der Waals surface area (Å²) in [7, 11) is 2.13. The van der Waals surface area contributed by atoms with Crippen LogP contribution in [0.2, 0.25) is 0 Å². The highest BCUT2D eigenvalue weighted by atomic mass is 16.5. The minimum atomic E-state index is 0.301. The Labute approximate surface area is 140 Å². The monoisotopic (exact) mass is 318 g/mol. The van der Waals surface area contributed by atoms with Crippen LogP contribution in [0, 0.1) is 0 Å². The molecule has 2 N–H and O–H groups in total. The summed E-state index contributed by atoms with van der Waals surface area (Å²) in [6.45, 7) is 6.53. The molecule has 23 heavy (non-hydrogen) atoms. The summed E-state index contributed by atoms with van der Waals surface area (Å²) in [5, 5.41) is 6.70. The smallest absolute Gasteiger partial charge is 0.191 e. The molecule has 0 spiro atoms. The number of anilines is 1. The molecular weight excluding hydrogens is 288 g/mol. The van der Waals surface area contributed by atoms with Crippen molar-refractivity contribution < 1.29 is 4.74 Å². The number of hydrogen-bond donors (Lipinski definition) is 2. The number of benzene rings is 1. The zero-order valence-electron chi connectivity index (χ0n) is 14.4. The third-order valence-electron chi connectivity index (χ3n) is 3.98. The SMILES string of the molecule is CCNC(=NCC1CCCO1)NCCCN(C)c1ccccc1. The maximum absolute atomic E-state index is 5.62. The van der Waals surface area contributed by atoms with E-state index in [2.05, 4.69) is 58.8 Å². The van der Waals surface area contributed by atoms with Crippen molar-refractivity contribution in [3.05, 3.63) is 30.3 Å². The van der Waals surface area contributed by atoms with E-state index in [1.54, 1.807) is 0 Å². The van der Waals surface area contributed by atoms with Gasteiger partial charge < -0.3 is 20.3 Å². The summed E-state index contributed by atoms with van der Waals surface area (Å²) >= 11 is 0. The van der Waals surface area contributed by atoms with Crippen LogP contribution in [-0.2, 0) is 4.74 Å². The van der Waals surface area contributed by atoms with E-state index in [9.17, 15) is 0 Å². The Morgan fingerprint density at radius 3 is 2.83 bits per heavy atom. The van der Waals surface area contributed by atoms with Crippen molar-refractivity contribution in [3.63, 3.8) is 0 Å². The fourth-order valence-corrected chi connectivity index (χ4v) is 2.66. The van der Waals surface area contributed by atoms with Gasteiger partial charge in [0.05, 0.1) is 12.6 Å². The topological polar surface area (TPSA) is 48.9 Å². The van der Waals surface area contributed by atoms with Crippen LogP contribution in [0.15, 0.2) is 35.3 Å². The normalized spacial score (nSPS) is 18.0. The van der Waals surface area contributed by atoms with Gasteiger partial charge in [-0.3, -0.25) is 4.99 Å². The van der Waals surface area contributed by atoms with Crippen molar-refractivity contribution >= 4 is 11.6 Å². The van der Waals surface area contributed by atoms with Gasteiger partial charge in [-0.25, -0.2) is 0 Å². The van der Waals surface area contributed by atoms with Gasteiger partial charge in [0.2, 0.25) is 0 Å². The quantitative estimate of drug-likeness (QED) is 0.438. The third kappa shape index (κ3) is 6.48. The summed E-state index contributed by atoms with van der Waals surface area (Å²) in [5.41, 5.74) is 1.26. The van der Waals surface area contributed by atoms with Crippen LogP contribution in [0.25, 0.3) is 0 Å². The minimum Gasteiger partial charge on any atom is -0.376 e. The summed E-state index contributed by atoms with van der Waals surface area (Å²) in [5.74, 6) is 0.894. The van der Waals surface area contributed by atoms with Crippen molar-refractivity contribution in [1.29, 1.82) is 0 Å². The number of para-hydroxylation sites is 1. The Kier molecular flexibility index (Phi) is 7.73. The first-order valence-electron chi connectivity index (χ1n) is 8.69. The first kappa shape index (κ1) is 17.6. The summed E-state index contributed by atoms with van der Waals surface area (Å²) in [6.07, 6.45) is 3.66. The number of nitrogens with zero attached hydrogens (tertiary/aromatic N) is 2. The summed E-state index contributed by atoms with van der Waals surface area (Å²) in [6, 6.07) is 10.5. The fraction of sp³-hybridized carbons (Fsp3) is 0.611. The van der Waals surface area contributed by atoms with Gasteiger partial charge in [-0.1, -0.05) is 18.2 Å². The minimum absolute atomic E-state index is 0.301. The van der Waals surface area contributed by atoms with Crippen LogP contribution in [0.3, 0.4) is 0 Å². The molecule has 2 rings (SSSR count). The molecule has 1 atom stereocenters. The van der Waals surface area contributed by atoms with E-state index in [0.29, 0.717) is 6.10 Å². The highest BCUT2D eigenvalue weighted by Gasteiger charge is 2.14. The number of nitrogens with one attached hydrogen (secondary N) is 2. The van der Waals surface area contributed by atoms with Crippen molar-refractivity contribution in [1.82, 2.24) is 10.6 Å². The molecule has 0 radical (unpaired) electrons. The molecule has 1 saturated heterocycles. The van der Waals surface area contributed by atoms with Crippen LogP contribution in [0.5, 0.6) is 0 Å². The van der Waals surface area contributed by atoms with Crippen LogP contribution in [-0.4, -0.2) is 51.9 Å². The Balaban J connectivity index is 1.68. The number of ether oxygens (including phenoxy) is 1. The van der Waals surface area contributed by atoms with Gasteiger partial charge in [0, 0.05) is 39.0 Å². The van der Waals surface area contributed by atoms with Crippen molar-refractivity contribution in [2.45, 2.75) is 32.3 Å². The van der Waals surface area contributed by atoms with Crippen LogP contribution >= 0.6 is 0 Å². The molecule has 0 amide bonds. The first-order chi connectivity index (χ1) is 11.3. The van der Waals surface area contributed by atoms with Crippen molar-refractivity contribution in [2.75, 3.05) is 44.7 Å². The van der Waals surface area contributed by atoms with Gasteiger partial charge >= 0.3 is 0 Å². The average molecular weight is 318 g/mol. The lowest BCUT2D eigenvalue weighted by molar-refractivity contribution is 0.117. The molecule has 1 aromatic carbocycles. The zero-order valence-corrected chi connectivity index (χ0v) is 14.4. The number of rotatable bonds is 8. The Morgan fingerprint density at radius 1 is 1.30 bits per heavy atom. The number of guanidine groups is 1. The van der Waals surface area contributed by atoms with E-state index in [1.165, 1.54) is 5.69 Å². The molecule has 1 fully saturated rings. The van der Waals surface area contributed by atoms with E-state index in [0.717, 1.165) is 58.0 Å². The molecule has 1 aromatic rings. The molecule has 0 saturated carbocycles. The molecule has 0 aliphatic carbocycles. The van der Waals surface area contributed by atoms with Crippen LogP contribution in [0.4, 0.5) is 5.69 Å². The largest absolute Gasteiger partial charge is 0.376 e. The third-order valence-corrected chi connectivity index (χ3v) is 3.98. The van der Waals surface area contributed by atoms with Crippen molar-refractivity contribution in [2.24, 2.45) is 4.99 Å². The van der Waals surface area contributed by atoms with Gasteiger partial charge in [-0.2, -0.15) is 0 Å². The molecule has 1 aliphatic rings. The second-order valence-corrected chi connectivity index (χ2v) is 5.89. The first-order valence-corrected chi connectivity index (χ1v) is 8.69. The highest BCUT2D eigenvalue weighted by molar-refractivity contribution is 5.79. The Bertz CT molecular complexity index is 457. The zero-order chi connectivity index (χ0) is 16.3. The van der Waals surface area contributed by atoms with Gasteiger partial charge in [0.15, 0.2) is 5.96 Å². The van der Waals surface area contributed by atoms with Gasteiger partial charge in [0.25, 0.3) is 0 Å². The van der Waals surface area contributed by atoms with E-state index in [4.69, 9.17) is 4.74 Å². The van der Waals surface area contributed by atoms with E-state index in [-0.39, 0.29) is 0 Å². The van der Waals surface area contributed by atoms with Gasteiger partial charge in [0.1, 0.15) is 0 Å². The summed E-state index contributed by atoms with van der Waals surface area (Å²) in [4.78, 5) is 6.90. The molecule has 0 bridgehead atoms. The molecule has 1 aliphatic heterocycles. The predicted octanol–water partition coefficient (Wildman–Crippen LogP) is 2.25. The molecular formula is C18H30N4O. The van der Waals surface area contributed by atoms with Gasteiger partial charge in [-0.05, 0) is 38.3 Å². The lowest BCUT2D eigenvalue weighted by atomic mass is 10.2. The van der Waals surface area contributed by atoms with E-state index in [1.807, 2.05) is 6.07 Å². The van der Waals surface area contributed by atoms with Crippen LogP contribution < -0.4 is 15.5 Å². The second kappa shape index (κ2) is 10.1. The second-order valence-electron chi connectivity index (χ2n) is 5.89. The van der Waals surface area contributed by atoms with E-state index < -0.39 is 0 Å². The lowest BCUT2D eigenvalue weighted by Crippen LogP contribution is -2.39. The maximum atomic E-state index is 5.62. The molecule has 5 nitrogen and oxygen atoms in total. The molecule has 128 valence electrons. The summed E-state index contributed by atoms with van der Waals surface area (Å²) < 4.78 is 5.62. The molecule has 1 heterocycles. The Hall–Kier alpha value is -1.75. The predicted molar refractivity (Wildman–Crippen MR) is 97.3 cm³/mol. The van der Waals surface area contributed by atoms with E-state index >= 15 is 0 Å². The molecule has 0 aromatic heterocycles. The standard InChI is InChI=1S/C18H30N4O/c1-3-19-18(21-15-17-11-7-14-23-17)20-12-8-13-22(2)16-9-5-4-6-10-16/h4-6,9-10,17H,3,7-8,11-15H2,1-2H3,(H2,19,20,21). The number of hydrogen-bond acceptors (Lipinski definition) is 3. The lowest BCUT2D eigenvalue weighted by Gasteiger charge is -2.19. The van der Waals surface area contributed by atoms with Crippen molar-refractivity contribution in [3.8, 4) is 0 Å². The fourth-order valence-electron chi connectivity index (χ4n) is 2.66. The van der Waals surface area contributed by atoms with Crippen LogP contribution in [0.1, 0.15) is 26.2 Å². The average Bonchev–Trinajstić information content (AvgIpc) is 3.10. The van der Waals surface area contributed by atoms with Gasteiger partial charge in [-0.15, -0.1) is 0 Å². The molecule has 1 unspecified atom stereocenters. The maximum Gasteiger partial charge on any atom is 0.191 e.